The van der Waals surface area contributed by atoms with E-state index in [1.54, 1.807) is 0 Å². The SMILES string of the molecule is CCOC(=O)c1c(C)c(-c2ccccc2)cn1-c1ccccc1. The molecule has 0 aliphatic heterocycles. The highest BCUT2D eigenvalue weighted by atomic mass is 16.5. The average Bonchev–Trinajstić information content (AvgIpc) is 2.94. The summed E-state index contributed by atoms with van der Waals surface area (Å²) in [4.78, 5) is 12.5. The van der Waals surface area contributed by atoms with Crippen LogP contribution < -0.4 is 0 Å². The van der Waals surface area contributed by atoms with Crippen LogP contribution in [0.2, 0.25) is 0 Å². The number of nitrogens with zero attached hydrogens (tertiary/aromatic N) is 1. The van der Waals surface area contributed by atoms with Crippen molar-refractivity contribution in [2.45, 2.75) is 13.8 Å². The topological polar surface area (TPSA) is 31.2 Å². The number of aromatic nitrogens is 1. The van der Waals surface area contributed by atoms with E-state index in [2.05, 4.69) is 0 Å². The number of carbonyl (C=O) groups is 1. The van der Waals surface area contributed by atoms with Crippen molar-refractivity contribution in [2.75, 3.05) is 6.61 Å². The Kier molecular flexibility index (Phi) is 4.29. The van der Waals surface area contributed by atoms with Crippen LogP contribution >= 0.6 is 0 Å². The second kappa shape index (κ2) is 6.53. The van der Waals surface area contributed by atoms with Crippen LogP contribution in [0.5, 0.6) is 0 Å². The Balaban J connectivity index is 2.20. The van der Waals surface area contributed by atoms with Crippen LogP contribution in [0, 0.1) is 6.92 Å². The Morgan fingerprint density at radius 2 is 1.61 bits per heavy atom. The number of ether oxygens (including phenoxy) is 1. The molecule has 0 aliphatic carbocycles. The third-order valence-corrected chi connectivity index (χ3v) is 3.85. The molecule has 23 heavy (non-hydrogen) atoms. The van der Waals surface area contributed by atoms with Gasteiger partial charge in [0.25, 0.3) is 0 Å². The predicted molar refractivity (Wildman–Crippen MR) is 91.9 cm³/mol. The summed E-state index contributed by atoms with van der Waals surface area (Å²) in [5, 5.41) is 0. The molecule has 0 aliphatic rings. The van der Waals surface area contributed by atoms with Crippen LogP contribution in [-0.4, -0.2) is 17.1 Å². The fourth-order valence-electron chi connectivity index (χ4n) is 2.75. The first-order chi connectivity index (χ1) is 11.2. The minimum absolute atomic E-state index is 0.295. The van der Waals surface area contributed by atoms with E-state index in [4.69, 9.17) is 4.74 Å². The van der Waals surface area contributed by atoms with E-state index in [1.165, 1.54) is 0 Å². The van der Waals surface area contributed by atoms with E-state index < -0.39 is 0 Å². The molecule has 3 rings (SSSR count). The summed E-state index contributed by atoms with van der Waals surface area (Å²) in [7, 11) is 0. The summed E-state index contributed by atoms with van der Waals surface area (Å²) in [6.07, 6.45) is 2.01. The van der Waals surface area contributed by atoms with Crippen molar-refractivity contribution in [2.24, 2.45) is 0 Å². The summed E-state index contributed by atoms with van der Waals surface area (Å²) in [5.74, 6) is -0.295. The summed E-state index contributed by atoms with van der Waals surface area (Å²) >= 11 is 0. The molecule has 0 unspecified atom stereocenters. The lowest BCUT2D eigenvalue weighted by atomic mass is 10.0. The fraction of sp³-hybridized carbons (Fsp3) is 0.150. The highest BCUT2D eigenvalue weighted by molar-refractivity contribution is 5.93. The number of hydrogen-bond acceptors (Lipinski definition) is 2. The van der Waals surface area contributed by atoms with E-state index in [-0.39, 0.29) is 5.97 Å². The Morgan fingerprint density at radius 1 is 1.00 bits per heavy atom. The zero-order valence-corrected chi connectivity index (χ0v) is 13.3. The van der Waals surface area contributed by atoms with E-state index in [9.17, 15) is 4.79 Å². The molecule has 0 atom stereocenters. The molecule has 3 aromatic rings. The van der Waals surface area contributed by atoms with Crippen molar-refractivity contribution < 1.29 is 9.53 Å². The van der Waals surface area contributed by atoms with Gasteiger partial charge in [0.2, 0.25) is 0 Å². The van der Waals surface area contributed by atoms with Crippen molar-refractivity contribution in [3.05, 3.63) is 78.1 Å². The Bertz CT molecular complexity index is 804. The molecule has 0 bridgehead atoms. The quantitative estimate of drug-likeness (QED) is 0.658. The van der Waals surface area contributed by atoms with Gasteiger partial charge in [0, 0.05) is 17.4 Å². The normalized spacial score (nSPS) is 10.5. The molecule has 0 amide bonds. The van der Waals surface area contributed by atoms with Crippen LogP contribution in [0.1, 0.15) is 23.0 Å². The van der Waals surface area contributed by atoms with Gasteiger partial charge in [-0.2, -0.15) is 0 Å². The largest absolute Gasteiger partial charge is 0.461 e. The van der Waals surface area contributed by atoms with Gasteiger partial charge in [-0.05, 0) is 37.1 Å². The fourth-order valence-corrected chi connectivity index (χ4v) is 2.75. The first-order valence-corrected chi connectivity index (χ1v) is 7.72. The molecule has 1 aromatic heterocycles. The maximum Gasteiger partial charge on any atom is 0.355 e. The number of hydrogen-bond donors (Lipinski definition) is 0. The zero-order valence-electron chi connectivity index (χ0n) is 13.3. The summed E-state index contributed by atoms with van der Waals surface area (Å²) < 4.78 is 7.17. The molecule has 0 saturated heterocycles. The van der Waals surface area contributed by atoms with Crippen LogP contribution in [0.15, 0.2) is 66.9 Å². The molecule has 3 nitrogen and oxygen atoms in total. The minimum atomic E-state index is -0.295. The molecular weight excluding hydrogens is 286 g/mol. The number of para-hydroxylation sites is 1. The van der Waals surface area contributed by atoms with Gasteiger partial charge in [0.1, 0.15) is 5.69 Å². The number of esters is 1. The lowest BCUT2D eigenvalue weighted by Gasteiger charge is -2.09. The van der Waals surface area contributed by atoms with Gasteiger partial charge in [-0.3, -0.25) is 0 Å². The number of rotatable bonds is 4. The van der Waals surface area contributed by atoms with Crippen molar-refractivity contribution in [1.82, 2.24) is 4.57 Å². The van der Waals surface area contributed by atoms with Gasteiger partial charge in [-0.25, -0.2) is 4.79 Å². The van der Waals surface area contributed by atoms with Gasteiger partial charge in [0.15, 0.2) is 0 Å². The van der Waals surface area contributed by atoms with Crippen molar-refractivity contribution >= 4 is 5.97 Å². The lowest BCUT2D eigenvalue weighted by molar-refractivity contribution is 0.0516. The van der Waals surface area contributed by atoms with E-state index in [1.807, 2.05) is 85.3 Å². The van der Waals surface area contributed by atoms with Crippen molar-refractivity contribution in [3.8, 4) is 16.8 Å². The second-order valence-electron chi connectivity index (χ2n) is 5.31. The van der Waals surface area contributed by atoms with E-state index in [0.29, 0.717) is 12.3 Å². The molecule has 0 fully saturated rings. The maximum atomic E-state index is 12.5. The third kappa shape index (κ3) is 2.90. The van der Waals surface area contributed by atoms with Crippen molar-refractivity contribution in [3.63, 3.8) is 0 Å². The van der Waals surface area contributed by atoms with Gasteiger partial charge < -0.3 is 9.30 Å². The Morgan fingerprint density at radius 3 is 2.22 bits per heavy atom. The standard InChI is InChI=1S/C20H19NO2/c1-3-23-20(22)19-15(2)18(16-10-6-4-7-11-16)14-21(19)17-12-8-5-9-13-17/h4-14H,3H2,1-2H3. The predicted octanol–water partition coefficient (Wildman–Crippen LogP) is 4.63. The molecule has 0 radical (unpaired) electrons. The second-order valence-corrected chi connectivity index (χ2v) is 5.31. The zero-order chi connectivity index (χ0) is 16.2. The molecule has 116 valence electrons. The minimum Gasteiger partial charge on any atom is -0.461 e. The molecule has 0 N–H and O–H groups in total. The van der Waals surface area contributed by atoms with Gasteiger partial charge in [-0.1, -0.05) is 48.5 Å². The van der Waals surface area contributed by atoms with Gasteiger partial charge in [-0.15, -0.1) is 0 Å². The van der Waals surface area contributed by atoms with Crippen LogP contribution in [0.4, 0.5) is 0 Å². The van der Waals surface area contributed by atoms with E-state index in [0.717, 1.165) is 22.4 Å². The molecule has 1 heterocycles. The molecular formula is C20H19NO2. The van der Waals surface area contributed by atoms with E-state index >= 15 is 0 Å². The first kappa shape index (κ1) is 15.1. The smallest absolute Gasteiger partial charge is 0.355 e. The number of benzene rings is 2. The highest BCUT2D eigenvalue weighted by Crippen LogP contribution is 2.30. The van der Waals surface area contributed by atoms with Crippen LogP contribution in [-0.2, 0) is 4.74 Å². The molecule has 0 spiro atoms. The Labute approximate surface area is 136 Å². The average molecular weight is 305 g/mol. The van der Waals surface area contributed by atoms with Crippen LogP contribution in [0.25, 0.3) is 16.8 Å². The molecule has 3 heteroatoms. The summed E-state index contributed by atoms with van der Waals surface area (Å²) in [6.45, 7) is 4.15. The van der Waals surface area contributed by atoms with Crippen LogP contribution in [0.3, 0.4) is 0 Å². The first-order valence-electron chi connectivity index (χ1n) is 7.72. The third-order valence-electron chi connectivity index (χ3n) is 3.85. The van der Waals surface area contributed by atoms with Gasteiger partial charge >= 0.3 is 5.97 Å². The number of carbonyl (C=O) groups excluding carboxylic acids is 1. The molecule has 2 aromatic carbocycles. The summed E-state index contributed by atoms with van der Waals surface area (Å²) in [6, 6.07) is 19.9. The van der Waals surface area contributed by atoms with Crippen molar-refractivity contribution in [1.29, 1.82) is 0 Å². The highest BCUT2D eigenvalue weighted by Gasteiger charge is 2.21. The molecule has 0 saturated carbocycles. The lowest BCUT2D eigenvalue weighted by Crippen LogP contribution is -2.12. The Hall–Kier alpha value is -2.81. The van der Waals surface area contributed by atoms with Gasteiger partial charge in [0.05, 0.1) is 6.61 Å². The monoisotopic (exact) mass is 305 g/mol. The maximum absolute atomic E-state index is 12.5. The summed E-state index contributed by atoms with van der Waals surface area (Å²) in [5.41, 5.74) is 4.58.